The van der Waals surface area contributed by atoms with Crippen LogP contribution in [0, 0.1) is 21.4 Å². The van der Waals surface area contributed by atoms with Crippen LogP contribution in [0.5, 0.6) is 0 Å². The van der Waals surface area contributed by atoms with Crippen molar-refractivity contribution >= 4 is 11.5 Å². The molecule has 0 bridgehead atoms. The average molecular weight is 262 g/mol. The molecule has 1 N–H and O–H groups in total. The Labute approximate surface area is 110 Å². The van der Waals surface area contributed by atoms with Gasteiger partial charge in [0, 0.05) is 19.7 Å². The Balaban J connectivity index is 2.10. The van der Waals surface area contributed by atoms with E-state index < -0.39 is 4.92 Å². The van der Waals surface area contributed by atoms with Gasteiger partial charge in [-0.15, -0.1) is 0 Å². The number of anilines is 1. The summed E-state index contributed by atoms with van der Waals surface area (Å²) < 4.78 is 5.45. The highest BCUT2D eigenvalue weighted by Gasteiger charge is 2.36. The molecule has 7 heteroatoms. The monoisotopic (exact) mass is 262 g/mol. The minimum atomic E-state index is -0.613. The average Bonchev–Trinajstić information content (AvgIpc) is 2.37. The van der Waals surface area contributed by atoms with Crippen LogP contribution in [0.1, 0.15) is 25.0 Å². The van der Waals surface area contributed by atoms with Crippen molar-refractivity contribution in [2.24, 2.45) is 0 Å². The molecule has 0 aliphatic heterocycles. The summed E-state index contributed by atoms with van der Waals surface area (Å²) in [5.74, 6) is 0.450. The smallest absolute Gasteiger partial charge is 0.305 e. The van der Waals surface area contributed by atoms with Crippen molar-refractivity contribution in [3.8, 4) is 6.07 Å². The van der Waals surface area contributed by atoms with Crippen LogP contribution in [0.2, 0.25) is 0 Å². The molecule has 0 saturated heterocycles. The maximum absolute atomic E-state index is 10.7. The molecule has 0 unspecified atom stereocenters. The summed E-state index contributed by atoms with van der Waals surface area (Å²) in [4.78, 5) is 14.0. The number of nitro groups is 1. The number of methoxy groups -OCH3 is 1. The quantitative estimate of drug-likeness (QED) is 0.641. The molecule has 7 nitrogen and oxygen atoms in total. The van der Waals surface area contributed by atoms with E-state index in [9.17, 15) is 10.1 Å². The van der Waals surface area contributed by atoms with Crippen LogP contribution >= 0.6 is 0 Å². The normalized spacial score (nSPS) is 16.2. The number of nitriles is 1. The number of ether oxygens (including phenoxy) is 1. The number of nitrogens with one attached hydrogen (secondary N) is 1. The molecule has 1 aliphatic rings. The predicted octanol–water partition coefficient (Wildman–Crippen LogP) is 1.84. The topological polar surface area (TPSA) is 101 Å². The lowest BCUT2D eigenvalue weighted by molar-refractivity contribution is -0.385. The molecule has 100 valence electrons. The van der Waals surface area contributed by atoms with Crippen LogP contribution < -0.4 is 5.32 Å². The van der Waals surface area contributed by atoms with Crippen molar-refractivity contribution in [2.75, 3.05) is 19.0 Å². The van der Waals surface area contributed by atoms with Gasteiger partial charge in [-0.25, -0.2) is 4.98 Å². The summed E-state index contributed by atoms with van der Waals surface area (Å²) in [5, 5.41) is 22.6. The third-order valence-electron chi connectivity index (χ3n) is 3.47. The number of hydrogen-bond acceptors (Lipinski definition) is 6. The summed E-state index contributed by atoms with van der Waals surface area (Å²) in [6.07, 6.45) is 3.09. The molecule has 19 heavy (non-hydrogen) atoms. The standard InChI is InChI=1S/C12H14N4O3/c1-19-12(5-2-6-12)8-14-11-4-3-10(16(17)18)9(7-13)15-11/h3-4H,2,5-6,8H2,1H3,(H,14,15). The fourth-order valence-electron chi connectivity index (χ4n) is 2.06. The Kier molecular flexibility index (Phi) is 3.62. The van der Waals surface area contributed by atoms with Gasteiger partial charge in [-0.1, -0.05) is 0 Å². The van der Waals surface area contributed by atoms with Gasteiger partial charge in [0.1, 0.15) is 11.9 Å². The Morgan fingerprint density at radius 2 is 2.37 bits per heavy atom. The van der Waals surface area contributed by atoms with Crippen molar-refractivity contribution in [1.29, 1.82) is 5.26 Å². The van der Waals surface area contributed by atoms with E-state index in [0.717, 1.165) is 19.3 Å². The molecule has 0 radical (unpaired) electrons. The largest absolute Gasteiger partial charge is 0.376 e. The van der Waals surface area contributed by atoms with Gasteiger partial charge in [-0.3, -0.25) is 10.1 Å². The molecule has 2 rings (SSSR count). The number of aromatic nitrogens is 1. The highest BCUT2D eigenvalue weighted by atomic mass is 16.6. The summed E-state index contributed by atoms with van der Waals surface area (Å²) in [6, 6.07) is 4.52. The van der Waals surface area contributed by atoms with E-state index in [4.69, 9.17) is 10.00 Å². The summed E-state index contributed by atoms with van der Waals surface area (Å²) >= 11 is 0. The Morgan fingerprint density at radius 1 is 1.63 bits per heavy atom. The molecule has 1 aliphatic carbocycles. The number of nitrogens with zero attached hydrogens (tertiary/aromatic N) is 3. The van der Waals surface area contributed by atoms with Crippen LogP contribution in [-0.2, 0) is 4.74 Å². The van der Waals surface area contributed by atoms with Gasteiger partial charge < -0.3 is 10.1 Å². The molecule has 1 heterocycles. The first-order valence-electron chi connectivity index (χ1n) is 5.95. The van der Waals surface area contributed by atoms with E-state index in [1.807, 2.05) is 0 Å². The fourth-order valence-corrected chi connectivity index (χ4v) is 2.06. The van der Waals surface area contributed by atoms with E-state index in [0.29, 0.717) is 12.4 Å². The van der Waals surface area contributed by atoms with Crippen LogP contribution in [0.4, 0.5) is 11.5 Å². The maximum Gasteiger partial charge on any atom is 0.305 e. The number of pyridine rings is 1. The van der Waals surface area contributed by atoms with Gasteiger partial charge in [-0.05, 0) is 25.3 Å². The van der Waals surface area contributed by atoms with Crippen LogP contribution in [0.3, 0.4) is 0 Å². The highest BCUT2D eigenvalue weighted by molar-refractivity contribution is 5.50. The zero-order valence-corrected chi connectivity index (χ0v) is 10.5. The number of rotatable bonds is 5. The van der Waals surface area contributed by atoms with E-state index in [1.54, 1.807) is 13.2 Å². The summed E-state index contributed by atoms with van der Waals surface area (Å²) in [7, 11) is 1.67. The lowest BCUT2D eigenvalue weighted by atomic mass is 9.80. The predicted molar refractivity (Wildman–Crippen MR) is 67.7 cm³/mol. The van der Waals surface area contributed by atoms with E-state index in [2.05, 4.69) is 10.3 Å². The third kappa shape index (κ3) is 2.63. The second kappa shape index (κ2) is 5.20. The first-order valence-corrected chi connectivity index (χ1v) is 5.95. The molecule has 1 aromatic heterocycles. The maximum atomic E-state index is 10.7. The molecule has 1 saturated carbocycles. The van der Waals surface area contributed by atoms with E-state index >= 15 is 0 Å². The van der Waals surface area contributed by atoms with Gasteiger partial charge >= 0.3 is 5.69 Å². The van der Waals surface area contributed by atoms with Gasteiger partial charge in [0.2, 0.25) is 5.69 Å². The van der Waals surface area contributed by atoms with Gasteiger partial charge in [0.25, 0.3) is 0 Å². The second-order valence-electron chi connectivity index (χ2n) is 4.53. The zero-order chi connectivity index (χ0) is 13.9. The lowest BCUT2D eigenvalue weighted by Gasteiger charge is -2.40. The number of hydrogen-bond donors (Lipinski definition) is 1. The minimum Gasteiger partial charge on any atom is -0.376 e. The Morgan fingerprint density at radius 3 is 2.84 bits per heavy atom. The molecular formula is C12H14N4O3. The molecular weight excluding hydrogens is 248 g/mol. The van der Waals surface area contributed by atoms with Gasteiger partial charge in [-0.2, -0.15) is 5.26 Å². The fraction of sp³-hybridized carbons (Fsp3) is 0.500. The van der Waals surface area contributed by atoms with Crippen LogP contribution in [0.25, 0.3) is 0 Å². The van der Waals surface area contributed by atoms with Crippen molar-refractivity contribution < 1.29 is 9.66 Å². The van der Waals surface area contributed by atoms with Crippen molar-refractivity contribution in [3.63, 3.8) is 0 Å². The van der Waals surface area contributed by atoms with Crippen LogP contribution in [-0.4, -0.2) is 29.2 Å². The Bertz CT molecular complexity index is 529. The lowest BCUT2D eigenvalue weighted by Crippen LogP contribution is -2.45. The third-order valence-corrected chi connectivity index (χ3v) is 3.47. The van der Waals surface area contributed by atoms with E-state index in [1.165, 1.54) is 12.1 Å². The first-order chi connectivity index (χ1) is 9.10. The SMILES string of the molecule is COC1(CNc2ccc([N+](=O)[O-])c(C#N)n2)CCC1. The summed E-state index contributed by atoms with van der Waals surface area (Å²) in [5.41, 5.74) is -0.635. The zero-order valence-electron chi connectivity index (χ0n) is 10.5. The molecule has 0 aromatic carbocycles. The van der Waals surface area contributed by atoms with Crippen molar-refractivity contribution in [3.05, 3.63) is 27.9 Å². The second-order valence-corrected chi connectivity index (χ2v) is 4.53. The van der Waals surface area contributed by atoms with Crippen molar-refractivity contribution in [1.82, 2.24) is 4.98 Å². The van der Waals surface area contributed by atoms with Crippen LogP contribution in [0.15, 0.2) is 12.1 Å². The summed E-state index contributed by atoms with van der Waals surface area (Å²) in [6.45, 7) is 0.583. The molecule has 1 aromatic rings. The van der Waals surface area contributed by atoms with E-state index in [-0.39, 0.29) is 17.0 Å². The molecule has 0 spiro atoms. The molecule has 1 fully saturated rings. The minimum absolute atomic E-state index is 0.170. The Hall–Kier alpha value is -2.20. The molecule has 0 atom stereocenters. The molecule has 0 amide bonds. The van der Waals surface area contributed by atoms with Crippen molar-refractivity contribution in [2.45, 2.75) is 24.9 Å². The van der Waals surface area contributed by atoms with Gasteiger partial charge in [0.15, 0.2) is 0 Å². The first kappa shape index (κ1) is 13.2. The highest BCUT2D eigenvalue weighted by Crippen LogP contribution is 2.35. The van der Waals surface area contributed by atoms with Gasteiger partial charge in [0.05, 0.1) is 10.5 Å².